The normalized spacial score (nSPS) is 14.8. The van der Waals surface area contributed by atoms with E-state index >= 15 is 0 Å². The fourth-order valence-electron chi connectivity index (χ4n) is 1.82. The first-order chi connectivity index (χ1) is 8.95. The largest absolute Gasteiger partial charge is 0.387 e. The highest BCUT2D eigenvalue weighted by atomic mass is 35.5. The third-order valence-corrected chi connectivity index (χ3v) is 3.46. The molecular formula is C15H25ClN2O2. The summed E-state index contributed by atoms with van der Waals surface area (Å²) in [5.41, 5.74) is 7.71. The van der Waals surface area contributed by atoms with Crippen LogP contribution in [-0.2, 0) is 4.79 Å². The van der Waals surface area contributed by atoms with Crippen LogP contribution in [0.1, 0.15) is 37.5 Å². The number of hydrogen-bond acceptors (Lipinski definition) is 3. The Labute approximate surface area is 127 Å². The predicted octanol–water partition coefficient (Wildman–Crippen LogP) is 1.94. The fraction of sp³-hybridized carbons (Fsp3) is 0.533. The Balaban J connectivity index is 0.00000361. The first-order valence-corrected chi connectivity index (χ1v) is 6.73. The summed E-state index contributed by atoms with van der Waals surface area (Å²) in [6.45, 7) is 6.10. The van der Waals surface area contributed by atoms with Crippen molar-refractivity contribution in [2.24, 2.45) is 11.7 Å². The van der Waals surface area contributed by atoms with Gasteiger partial charge < -0.3 is 16.2 Å². The van der Waals surface area contributed by atoms with Gasteiger partial charge in [0, 0.05) is 6.54 Å². The van der Waals surface area contributed by atoms with Crippen molar-refractivity contribution in [2.45, 2.75) is 39.3 Å². The summed E-state index contributed by atoms with van der Waals surface area (Å²) in [6.07, 6.45) is 0.155. The van der Waals surface area contributed by atoms with Crippen LogP contribution in [0.5, 0.6) is 0 Å². The van der Waals surface area contributed by atoms with Gasteiger partial charge in [-0.25, -0.2) is 0 Å². The van der Waals surface area contributed by atoms with E-state index in [1.54, 1.807) is 0 Å². The predicted molar refractivity (Wildman–Crippen MR) is 83.8 cm³/mol. The molecule has 0 fully saturated rings. The lowest BCUT2D eigenvalue weighted by Gasteiger charge is -2.19. The van der Waals surface area contributed by atoms with E-state index in [0.717, 1.165) is 17.5 Å². The Morgan fingerprint density at radius 1 is 1.45 bits per heavy atom. The number of nitrogens with two attached hydrogens (primary N) is 1. The van der Waals surface area contributed by atoms with Gasteiger partial charge >= 0.3 is 0 Å². The molecule has 1 rings (SSSR count). The number of halogens is 1. The Hall–Kier alpha value is -1.10. The maximum Gasteiger partial charge on any atom is 0.237 e. The zero-order chi connectivity index (χ0) is 14.4. The van der Waals surface area contributed by atoms with Crippen molar-refractivity contribution in [2.75, 3.05) is 6.54 Å². The molecule has 1 aromatic rings. The third-order valence-electron chi connectivity index (χ3n) is 3.46. The molecule has 114 valence electrons. The quantitative estimate of drug-likeness (QED) is 0.751. The van der Waals surface area contributed by atoms with Crippen molar-refractivity contribution in [1.29, 1.82) is 0 Å². The summed E-state index contributed by atoms with van der Waals surface area (Å²) in [4.78, 5) is 11.8. The average Bonchev–Trinajstić information content (AvgIpc) is 2.42. The van der Waals surface area contributed by atoms with Crippen molar-refractivity contribution in [3.8, 4) is 0 Å². The third kappa shape index (κ3) is 5.49. The summed E-state index contributed by atoms with van der Waals surface area (Å²) in [6, 6.07) is 7.09. The summed E-state index contributed by atoms with van der Waals surface area (Å²) < 4.78 is 0. The minimum absolute atomic E-state index is 0. The van der Waals surface area contributed by atoms with E-state index in [9.17, 15) is 9.90 Å². The lowest BCUT2D eigenvalue weighted by molar-refractivity contribution is -0.123. The van der Waals surface area contributed by atoms with Crippen molar-refractivity contribution < 1.29 is 9.90 Å². The molecule has 0 aliphatic heterocycles. The van der Waals surface area contributed by atoms with Gasteiger partial charge in [-0.2, -0.15) is 0 Å². The second-order valence-corrected chi connectivity index (χ2v) is 5.09. The van der Waals surface area contributed by atoms with Gasteiger partial charge in [0.15, 0.2) is 0 Å². The van der Waals surface area contributed by atoms with Gasteiger partial charge in [-0.1, -0.05) is 50.1 Å². The number of aliphatic hydroxyl groups is 1. The summed E-state index contributed by atoms with van der Waals surface area (Å²) in [7, 11) is 0. The fourth-order valence-corrected chi connectivity index (χ4v) is 1.82. The molecule has 0 aliphatic rings. The minimum atomic E-state index is -0.701. The van der Waals surface area contributed by atoms with E-state index < -0.39 is 12.1 Å². The van der Waals surface area contributed by atoms with Gasteiger partial charge in [0.1, 0.15) is 0 Å². The number of rotatable bonds is 6. The van der Waals surface area contributed by atoms with Gasteiger partial charge in [-0.05, 0) is 18.4 Å². The molecule has 20 heavy (non-hydrogen) atoms. The molecule has 1 aromatic carbocycles. The van der Waals surface area contributed by atoms with Crippen LogP contribution in [0.3, 0.4) is 0 Å². The van der Waals surface area contributed by atoms with Crippen LogP contribution >= 0.6 is 12.4 Å². The Kier molecular flexibility index (Phi) is 8.46. The molecule has 5 heteroatoms. The number of benzene rings is 1. The number of carbonyl (C=O) groups excluding carboxylic acids is 1. The highest BCUT2D eigenvalue weighted by molar-refractivity contribution is 5.85. The number of hydrogen-bond donors (Lipinski definition) is 3. The zero-order valence-electron chi connectivity index (χ0n) is 12.3. The highest BCUT2D eigenvalue weighted by Crippen LogP contribution is 2.13. The van der Waals surface area contributed by atoms with Gasteiger partial charge in [-0.15, -0.1) is 12.4 Å². The van der Waals surface area contributed by atoms with Crippen LogP contribution in [-0.4, -0.2) is 23.6 Å². The number of nitrogens with one attached hydrogen (secondary N) is 1. The number of aryl methyl sites for hydroxylation is 1. The first kappa shape index (κ1) is 18.9. The molecule has 0 aliphatic carbocycles. The molecule has 1 amide bonds. The molecule has 4 nitrogen and oxygen atoms in total. The van der Waals surface area contributed by atoms with Gasteiger partial charge in [0.05, 0.1) is 12.1 Å². The number of amides is 1. The molecule has 0 spiro atoms. The van der Waals surface area contributed by atoms with Crippen molar-refractivity contribution in [1.82, 2.24) is 5.32 Å². The highest BCUT2D eigenvalue weighted by Gasteiger charge is 2.20. The Morgan fingerprint density at radius 2 is 2.10 bits per heavy atom. The maximum atomic E-state index is 11.8. The van der Waals surface area contributed by atoms with Crippen LogP contribution in [0.4, 0.5) is 0 Å². The second kappa shape index (κ2) is 8.95. The van der Waals surface area contributed by atoms with Gasteiger partial charge in [0.2, 0.25) is 5.91 Å². The maximum absolute atomic E-state index is 11.8. The Morgan fingerprint density at radius 3 is 2.65 bits per heavy atom. The van der Waals surface area contributed by atoms with Crippen LogP contribution in [0, 0.1) is 12.8 Å². The summed E-state index contributed by atoms with van der Waals surface area (Å²) in [5, 5.41) is 12.7. The van der Waals surface area contributed by atoms with Crippen molar-refractivity contribution in [3.05, 3.63) is 35.4 Å². The molecule has 0 heterocycles. The van der Waals surface area contributed by atoms with E-state index in [4.69, 9.17) is 5.73 Å². The van der Waals surface area contributed by atoms with Crippen LogP contribution < -0.4 is 11.1 Å². The molecule has 0 radical (unpaired) electrons. The van der Waals surface area contributed by atoms with E-state index in [2.05, 4.69) is 5.32 Å². The molecule has 4 N–H and O–H groups in total. The lowest BCUT2D eigenvalue weighted by Crippen LogP contribution is -2.45. The smallest absolute Gasteiger partial charge is 0.237 e. The Bertz CT molecular complexity index is 426. The SMILES string of the molecule is CCC(C)C(N)C(=O)NCC(O)c1cccc(C)c1.Cl. The van der Waals surface area contributed by atoms with Crippen LogP contribution in [0.25, 0.3) is 0 Å². The van der Waals surface area contributed by atoms with Crippen LogP contribution in [0.15, 0.2) is 24.3 Å². The van der Waals surface area contributed by atoms with Crippen LogP contribution in [0.2, 0.25) is 0 Å². The molecule has 0 aromatic heterocycles. The van der Waals surface area contributed by atoms with Crippen molar-refractivity contribution in [3.63, 3.8) is 0 Å². The van der Waals surface area contributed by atoms with E-state index in [-0.39, 0.29) is 30.8 Å². The lowest BCUT2D eigenvalue weighted by atomic mass is 9.99. The number of carbonyl (C=O) groups is 1. The molecule has 0 bridgehead atoms. The summed E-state index contributed by atoms with van der Waals surface area (Å²) >= 11 is 0. The first-order valence-electron chi connectivity index (χ1n) is 6.73. The zero-order valence-corrected chi connectivity index (χ0v) is 13.1. The monoisotopic (exact) mass is 300 g/mol. The van der Waals surface area contributed by atoms with Gasteiger partial charge in [0.25, 0.3) is 0 Å². The van der Waals surface area contributed by atoms with E-state index in [1.165, 1.54) is 0 Å². The van der Waals surface area contributed by atoms with E-state index in [1.807, 2.05) is 45.0 Å². The standard InChI is InChI=1S/C15H24N2O2.ClH/c1-4-11(3)14(16)15(19)17-9-13(18)12-7-5-6-10(2)8-12;/h5-8,11,13-14,18H,4,9,16H2,1-3H3,(H,17,19);1H. The molecule has 0 saturated carbocycles. The average molecular weight is 301 g/mol. The molecular weight excluding hydrogens is 276 g/mol. The van der Waals surface area contributed by atoms with E-state index in [0.29, 0.717) is 0 Å². The molecule has 3 atom stereocenters. The number of aliphatic hydroxyl groups excluding tert-OH is 1. The second-order valence-electron chi connectivity index (χ2n) is 5.09. The molecule has 0 saturated heterocycles. The topological polar surface area (TPSA) is 75.4 Å². The van der Waals surface area contributed by atoms with Crippen molar-refractivity contribution >= 4 is 18.3 Å². The van der Waals surface area contributed by atoms with Gasteiger partial charge in [-0.3, -0.25) is 4.79 Å². The molecule has 3 unspecified atom stereocenters. The summed E-state index contributed by atoms with van der Waals surface area (Å²) in [5.74, 6) is -0.0721. The minimum Gasteiger partial charge on any atom is -0.387 e.